The van der Waals surface area contributed by atoms with Gasteiger partial charge in [-0.3, -0.25) is 20.6 Å². The Morgan fingerprint density at radius 2 is 1.91 bits per heavy atom. The monoisotopic (exact) mass is 318 g/mol. The van der Waals surface area contributed by atoms with Crippen LogP contribution in [-0.4, -0.2) is 30.2 Å². The highest BCUT2D eigenvalue weighted by atomic mass is 35.5. The molecule has 1 fully saturated rings. The molecule has 0 saturated heterocycles. The lowest BCUT2D eigenvalue weighted by Gasteiger charge is -2.32. The Morgan fingerprint density at radius 1 is 1.18 bits per heavy atom. The number of halogens is 1. The molecule has 0 radical (unpaired) electrons. The third kappa shape index (κ3) is 3.03. The van der Waals surface area contributed by atoms with E-state index in [1.165, 1.54) is 19.3 Å². The molecule has 2 N–H and O–H groups in total. The van der Waals surface area contributed by atoms with Crippen LogP contribution in [0.1, 0.15) is 37.7 Å². The summed E-state index contributed by atoms with van der Waals surface area (Å²) in [6, 6.07) is 5.79. The van der Waals surface area contributed by atoms with Gasteiger partial charge in [-0.05, 0) is 43.7 Å². The van der Waals surface area contributed by atoms with Crippen molar-refractivity contribution in [2.45, 2.75) is 38.6 Å². The highest BCUT2D eigenvalue weighted by molar-refractivity contribution is 6.31. The van der Waals surface area contributed by atoms with Crippen LogP contribution in [-0.2, 0) is 6.54 Å². The molecule has 0 unspecified atom stereocenters. The zero-order valence-corrected chi connectivity index (χ0v) is 13.8. The summed E-state index contributed by atoms with van der Waals surface area (Å²) in [7, 11) is 2.01. The van der Waals surface area contributed by atoms with Crippen LogP contribution in [0.3, 0.4) is 0 Å². The molecule has 4 nitrogen and oxygen atoms in total. The average Bonchev–Trinajstić information content (AvgIpc) is 2.61. The second kappa shape index (κ2) is 6.39. The fourth-order valence-corrected chi connectivity index (χ4v) is 3.75. The molecule has 0 atom stereocenters. The predicted molar refractivity (Wildman–Crippen MR) is 92.3 cm³/mol. The molecule has 1 aliphatic carbocycles. The number of nitrogens with one attached hydrogen (secondary N) is 2. The summed E-state index contributed by atoms with van der Waals surface area (Å²) in [5.41, 5.74) is 2.05. The maximum atomic E-state index is 8.69. The molecule has 1 aromatic carbocycles. The molecule has 0 amide bonds. The van der Waals surface area contributed by atoms with E-state index in [-0.39, 0.29) is 5.92 Å². The van der Waals surface area contributed by atoms with Crippen LogP contribution in [0.4, 0.5) is 5.69 Å². The topological polar surface area (TPSA) is 54.2 Å². The lowest BCUT2D eigenvalue weighted by atomic mass is 9.87. The highest BCUT2D eigenvalue weighted by Gasteiger charge is 2.30. The van der Waals surface area contributed by atoms with Gasteiger partial charge in [-0.1, -0.05) is 30.9 Å². The van der Waals surface area contributed by atoms with E-state index in [0.29, 0.717) is 23.2 Å². The van der Waals surface area contributed by atoms with Crippen molar-refractivity contribution in [3.8, 4) is 0 Å². The Hall–Kier alpha value is -1.39. The van der Waals surface area contributed by atoms with Crippen LogP contribution in [0.2, 0.25) is 5.02 Å². The fraction of sp³-hybridized carbons (Fsp3) is 0.529. The van der Waals surface area contributed by atoms with Crippen molar-refractivity contribution in [3.63, 3.8) is 0 Å². The van der Waals surface area contributed by atoms with Crippen LogP contribution in [0.15, 0.2) is 18.2 Å². The molecular weight excluding hydrogens is 296 g/mol. The van der Waals surface area contributed by atoms with E-state index in [4.69, 9.17) is 22.4 Å². The Bertz CT molecular complexity index is 592. The third-order valence-electron chi connectivity index (χ3n) is 4.65. The van der Waals surface area contributed by atoms with Crippen LogP contribution < -0.4 is 4.90 Å². The minimum atomic E-state index is 0.279. The summed E-state index contributed by atoms with van der Waals surface area (Å²) >= 11 is 6.15. The van der Waals surface area contributed by atoms with Crippen LogP contribution in [0.5, 0.6) is 0 Å². The summed E-state index contributed by atoms with van der Waals surface area (Å²) in [4.78, 5) is 3.96. The first-order valence-electron chi connectivity index (χ1n) is 7.99. The van der Waals surface area contributed by atoms with Gasteiger partial charge >= 0.3 is 0 Å². The van der Waals surface area contributed by atoms with E-state index in [1.54, 1.807) is 0 Å². The van der Waals surface area contributed by atoms with Gasteiger partial charge in [0, 0.05) is 17.5 Å². The van der Waals surface area contributed by atoms with Crippen LogP contribution in [0.25, 0.3) is 0 Å². The summed E-state index contributed by atoms with van der Waals surface area (Å²) in [6.45, 7) is 1.31. The zero-order valence-electron chi connectivity index (χ0n) is 13.0. The molecule has 0 spiro atoms. The number of benzene rings is 1. The van der Waals surface area contributed by atoms with Gasteiger partial charge in [0.2, 0.25) is 0 Å². The molecule has 3 rings (SSSR count). The molecule has 0 bridgehead atoms. The van der Waals surface area contributed by atoms with Crippen molar-refractivity contribution in [2.24, 2.45) is 5.92 Å². The molecule has 0 aromatic heterocycles. The molecule has 1 saturated carbocycles. The number of hydrogen-bond acceptors (Lipinski definition) is 3. The lowest BCUT2D eigenvalue weighted by Crippen LogP contribution is -2.43. The van der Waals surface area contributed by atoms with Gasteiger partial charge in [-0.25, -0.2) is 0 Å². The van der Waals surface area contributed by atoms with Crippen molar-refractivity contribution < 1.29 is 0 Å². The fourth-order valence-electron chi connectivity index (χ4n) is 3.55. The molecule has 1 aliphatic heterocycles. The molecule has 118 valence electrons. The molecule has 1 aromatic rings. The minimum Gasteiger partial charge on any atom is -0.295 e. The van der Waals surface area contributed by atoms with Gasteiger partial charge < -0.3 is 0 Å². The normalized spacial score (nSPS) is 20.6. The van der Waals surface area contributed by atoms with Crippen molar-refractivity contribution in [3.05, 3.63) is 28.8 Å². The zero-order chi connectivity index (χ0) is 15.7. The Morgan fingerprint density at radius 3 is 2.64 bits per heavy atom. The first-order valence-corrected chi connectivity index (χ1v) is 8.37. The van der Waals surface area contributed by atoms with E-state index in [1.807, 2.05) is 30.1 Å². The minimum absolute atomic E-state index is 0.279. The van der Waals surface area contributed by atoms with Gasteiger partial charge in [0.05, 0.1) is 12.2 Å². The largest absolute Gasteiger partial charge is 0.295 e. The molecule has 1 heterocycles. The first kappa shape index (κ1) is 15.5. The highest BCUT2D eigenvalue weighted by Crippen LogP contribution is 2.32. The predicted octanol–water partition coefficient (Wildman–Crippen LogP) is 4.13. The average molecular weight is 319 g/mol. The lowest BCUT2D eigenvalue weighted by molar-refractivity contribution is 0.376. The van der Waals surface area contributed by atoms with Gasteiger partial charge in [-0.2, -0.15) is 0 Å². The van der Waals surface area contributed by atoms with Crippen molar-refractivity contribution in [2.75, 3.05) is 18.5 Å². The van der Waals surface area contributed by atoms with E-state index >= 15 is 0 Å². The van der Waals surface area contributed by atoms with Crippen molar-refractivity contribution in [1.82, 2.24) is 4.90 Å². The molecular formula is C17H23ClN4. The number of anilines is 1. The van der Waals surface area contributed by atoms with Gasteiger partial charge in [0.25, 0.3) is 0 Å². The first-order chi connectivity index (χ1) is 10.6. The van der Waals surface area contributed by atoms with E-state index in [2.05, 4.69) is 4.90 Å². The third-order valence-corrected chi connectivity index (χ3v) is 4.88. The number of hydrogen-bond donors (Lipinski definition) is 2. The van der Waals surface area contributed by atoms with Crippen molar-refractivity contribution >= 4 is 29.0 Å². The number of likely N-dealkylation sites (N-methyl/N-ethyl adjacent to an activating group) is 1. The Balaban J connectivity index is 1.97. The summed E-state index contributed by atoms with van der Waals surface area (Å²) in [6.07, 6.45) is 5.81. The van der Waals surface area contributed by atoms with Gasteiger partial charge in [0.1, 0.15) is 11.7 Å². The van der Waals surface area contributed by atoms with Crippen LogP contribution >= 0.6 is 11.6 Å². The SMILES string of the molecule is CN1CC(=N)N(C(=N)C2CCCCC2)c2ccc(Cl)cc2C1. The summed E-state index contributed by atoms with van der Waals surface area (Å²) < 4.78 is 0. The number of amidine groups is 2. The quantitative estimate of drug-likeness (QED) is 0.604. The number of rotatable bonds is 1. The standard InChI is InChI=1S/C17H23ClN4/c1-21-10-13-9-14(18)7-8-15(13)22(16(19)11-21)17(20)12-5-3-2-4-6-12/h7-9,12,19-20H,2-6,10-11H2,1H3. The van der Waals surface area contributed by atoms with Crippen LogP contribution in [0, 0.1) is 16.7 Å². The molecule has 22 heavy (non-hydrogen) atoms. The maximum Gasteiger partial charge on any atom is 0.120 e. The van der Waals surface area contributed by atoms with Gasteiger partial charge in [-0.15, -0.1) is 0 Å². The smallest absolute Gasteiger partial charge is 0.120 e. The maximum absolute atomic E-state index is 8.69. The number of fused-ring (bicyclic) bond motifs is 1. The van der Waals surface area contributed by atoms with E-state index < -0.39 is 0 Å². The van der Waals surface area contributed by atoms with Crippen molar-refractivity contribution in [1.29, 1.82) is 10.8 Å². The Labute approximate surface area is 137 Å². The second-order valence-corrected chi connectivity index (χ2v) is 6.88. The summed E-state index contributed by atoms with van der Waals surface area (Å²) in [5, 5.41) is 17.9. The summed E-state index contributed by atoms with van der Waals surface area (Å²) in [5.74, 6) is 1.35. The molecule has 2 aliphatic rings. The number of nitrogens with zero attached hydrogens (tertiary/aromatic N) is 2. The second-order valence-electron chi connectivity index (χ2n) is 6.45. The van der Waals surface area contributed by atoms with Gasteiger partial charge in [0.15, 0.2) is 0 Å². The molecule has 5 heteroatoms. The van der Waals surface area contributed by atoms with E-state index in [9.17, 15) is 0 Å². The van der Waals surface area contributed by atoms with E-state index in [0.717, 1.165) is 30.6 Å². The Kier molecular flexibility index (Phi) is 4.50.